The van der Waals surface area contributed by atoms with Gasteiger partial charge in [0.05, 0.1) is 24.6 Å². The quantitative estimate of drug-likeness (QED) is 0.830. The van der Waals surface area contributed by atoms with E-state index >= 15 is 0 Å². The van der Waals surface area contributed by atoms with Crippen LogP contribution in [0.4, 0.5) is 11.5 Å². The molecule has 1 aromatic carbocycles. The van der Waals surface area contributed by atoms with Crippen molar-refractivity contribution in [3.05, 3.63) is 53.7 Å². The minimum atomic E-state index is 0.440. The van der Waals surface area contributed by atoms with Gasteiger partial charge in [-0.1, -0.05) is 30.3 Å². The number of pyridine rings is 1. The molecule has 2 fully saturated rings. The largest absolute Gasteiger partial charge is 0.381 e. The van der Waals surface area contributed by atoms with Crippen LogP contribution < -0.4 is 10.2 Å². The molecular weight excluding hydrogens is 348 g/mol. The molecule has 0 bridgehead atoms. The van der Waals surface area contributed by atoms with Gasteiger partial charge in [0.1, 0.15) is 5.82 Å². The molecule has 0 amide bonds. The Hall–Kier alpha value is -2.11. The van der Waals surface area contributed by atoms with Gasteiger partial charge < -0.3 is 15.0 Å². The third-order valence-corrected chi connectivity index (χ3v) is 6.05. The van der Waals surface area contributed by atoms with Crippen LogP contribution in [0.1, 0.15) is 24.6 Å². The molecule has 0 saturated carbocycles. The lowest BCUT2D eigenvalue weighted by Gasteiger charge is -2.29. The van der Waals surface area contributed by atoms with Gasteiger partial charge in [0, 0.05) is 32.2 Å². The van der Waals surface area contributed by atoms with Gasteiger partial charge in [-0.2, -0.15) is 0 Å². The van der Waals surface area contributed by atoms with Crippen LogP contribution in [0, 0.1) is 12.8 Å². The molecule has 2 saturated heterocycles. The highest BCUT2D eigenvalue weighted by atomic mass is 16.5. The molecule has 1 aromatic heterocycles. The number of morpholine rings is 1. The molecule has 0 aliphatic carbocycles. The van der Waals surface area contributed by atoms with Crippen molar-refractivity contribution in [3.63, 3.8) is 0 Å². The maximum Gasteiger partial charge on any atom is 0.129 e. The van der Waals surface area contributed by atoms with Crippen molar-refractivity contribution in [1.82, 2.24) is 9.88 Å². The number of anilines is 2. The van der Waals surface area contributed by atoms with Crippen LogP contribution in [-0.2, 0) is 11.3 Å². The van der Waals surface area contributed by atoms with Gasteiger partial charge >= 0.3 is 0 Å². The van der Waals surface area contributed by atoms with Crippen LogP contribution in [0.2, 0.25) is 0 Å². The second-order valence-corrected chi connectivity index (χ2v) is 8.10. The Morgan fingerprint density at radius 1 is 1.11 bits per heavy atom. The normalized spacial score (nSPS) is 21.6. The molecule has 0 radical (unpaired) electrons. The Bertz CT molecular complexity index is 760. The number of aromatic nitrogens is 1. The van der Waals surface area contributed by atoms with Crippen LogP contribution in [0.15, 0.2) is 42.5 Å². The first-order valence-electron chi connectivity index (χ1n) is 10.5. The van der Waals surface area contributed by atoms with E-state index in [4.69, 9.17) is 9.72 Å². The maximum absolute atomic E-state index is 5.45. The molecule has 3 heterocycles. The highest BCUT2D eigenvalue weighted by Gasteiger charge is 2.27. The van der Waals surface area contributed by atoms with Crippen LogP contribution in [0.25, 0.3) is 0 Å². The van der Waals surface area contributed by atoms with E-state index in [9.17, 15) is 0 Å². The van der Waals surface area contributed by atoms with E-state index in [1.165, 1.54) is 18.5 Å². The van der Waals surface area contributed by atoms with Crippen molar-refractivity contribution >= 4 is 11.5 Å². The first-order chi connectivity index (χ1) is 13.7. The Balaban J connectivity index is 1.32. The summed E-state index contributed by atoms with van der Waals surface area (Å²) in [5, 5.41) is 3.73. The molecular formula is C23H32N4O. The first kappa shape index (κ1) is 19.2. The summed E-state index contributed by atoms with van der Waals surface area (Å²) in [6.07, 6.45) is 1.25. The van der Waals surface area contributed by atoms with Crippen molar-refractivity contribution < 1.29 is 4.74 Å². The number of rotatable bonds is 6. The molecule has 2 aliphatic heterocycles. The van der Waals surface area contributed by atoms with Gasteiger partial charge in [-0.05, 0) is 50.4 Å². The third-order valence-electron chi connectivity index (χ3n) is 6.05. The summed E-state index contributed by atoms with van der Waals surface area (Å²) >= 11 is 0. The molecule has 5 heteroatoms. The van der Waals surface area contributed by atoms with Crippen LogP contribution in [0.5, 0.6) is 0 Å². The fourth-order valence-electron chi connectivity index (χ4n) is 4.29. The zero-order valence-electron chi connectivity index (χ0n) is 17.1. The van der Waals surface area contributed by atoms with Gasteiger partial charge in [-0.3, -0.25) is 4.90 Å². The Morgan fingerprint density at radius 2 is 1.89 bits per heavy atom. The van der Waals surface area contributed by atoms with E-state index in [0.29, 0.717) is 12.0 Å². The fraction of sp³-hybridized carbons (Fsp3) is 0.522. The first-order valence-corrected chi connectivity index (χ1v) is 10.5. The van der Waals surface area contributed by atoms with E-state index in [0.717, 1.165) is 56.6 Å². The monoisotopic (exact) mass is 380 g/mol. The number of hydrogen-bond acceptors (Lipinski definition) is 5. The minimum Gasteiger partial charge on any atom is -0.381 e. The summed E-state index contributed by atoms with van der Waals surface area (Å²) in [7, 11) is 0. The molecule has 28 heavy (non-hydrogen) atoms. The van der Waals surface area contributed by atoms with Crippen molar-refractivity contribution in [3.8, 4) is 0 Å². The van der Waals surface area contributed by atoms with Crippen molar-refractivity contribution in [2.45, 2.75) is 32.9 Å². The van der Waals surface area contributed by atoms with E-state index in [2.05, 4.69) is 71.4 Å². The molecule has 2 atom stereocenters. The van der Waals surface area contributed by atoms with E-state index in [1.807, 2.05) is 0 Å². The summed E-state index contributed by atoms with van der Waals surface area (Å²) < 4.78 is 5.45. The van der Waals surface area contributed by atoms with Crippen molar-refractivity contribution in [1.29, 1.82) is 0 Å². The number of nitrogens with zero attached hydrogens (tertiary/aromatic N) is 3. The number of nitrogens with one attached hydrogen (secondary N) is 1. The topological polar surface area (TPSA) is 40.6 Å². The number of ether oxygens (including phenoxy) is 1. The molecule has 150 valence electrons. The second-order valence-electron chi connectivity index (χ2n) is 8.10. The predicted octanol–water partition coefficient (Wildman–Crippen LogP) is 3.55. The second kappa shape index (κ2) is 8.93. The third kappa shape index (κ3) is 4.65. The Kier molecular flexibility index (Phi) is 6.13. The molecule has 4 rings (SSSR count). The number of benzene rings is 1. The van der Waals surface area contributed by atoms with E-state index < -0.39 is 0 Å². The summed E-state index contributed by atoms with van der Waals surface area (Å²) in [5.41, 5.74) is 3.64. The minimum absolute atomic E-state index is 0.440. The lowest BCUT2D eigenvalue weighted by molar-refractivity contribution is 0.122. The fourth-order valence-corrected chi connectivity index (χ4v) is 4.29. The maximum atomic E-state index is 5.45. The molecule has 0 spiro atoms. The molecule has 1 N–H and O–H groups in total. The lowest BCUT2D eigenvalue weighted by atomic mass is 10.00. The van der Waals surface area contributed by atoms with Crippen LogP contribution in [0.3, 0.4) is 0 Å². The van der Waals surface area contributed by atoms with Gasteiger partial charge in [0.25, 0.3) is 0 Å². The molecule has 5 nitrogen and oxygen atoms in total. The number of hydrogen-bond donors (Lipinski definition) is 1. The Morgan fingerprint density at radius 3 is 2.64 bits per heavy atom. The smallest absolute Gasteiger partial charge is 0.129 e. The van der Waals surface area contributed by atoms with Gasteiger partial charge in [-0.25, -0.2) is 4.98 Å². The van der Waals surface area contributed by atoms with Crippen molar-refractivity contribution in [2.24, 2.45) is 5.92 Å². The molecule has 2 aromatic rings. The average molecular weight is 381 g/mol. The molecule has 0 unspecified atom stereocenters. The lowest BCUT2D eigenvalue weighted by Crippen LogP contribution is -2.36. The SMILES string of the molecule is Cc1nc(N2CCOCC2)ccc1N[C@H](C)[C@@H]1CCN(Cc2ccccc2)C1. The average Bonchev–Trinajstić information content (AvgIpc) is 3.19. The van der Waals surface area contributed by atoms with Gasteiger partial charge in [0.15, 0.2) is 0 Å². The predicted molar refractivity (Wildman–Crippen MR) is 115 cm³/mol. The highest BCUT2D eigenvalue weighted by Crippen LogP contribution is 2.26. The van der Waals surface area contributed by atoms with Crippen LogP contribution in [-0.4, -0.2) is 55.3 Å². The summed E-state index contributed by atoms with van der Waals surface area (Å²) in [6.45, 7) is 11.2. The summed E-state index contributed by atoms with van der Waals surface area (Å²) in [5.74, 6) is 1.73. The van der Waals surface area contributed by atoms with E-state index in [-0.39, 0.29) is 0 Å². The zero-order valence-corrected chi connectivity index (χ0v) is 17.1. The summed E-state index contributed by atoms with van der Waals surface area (Å²) in [6, 6.07) is 15.6. The van der Waals surface area contributed by atoms with Crippen LogP contribution >= 0.6 is 0 Å². The molecule has 2 aliphatic rings. The van der Waals surface area contributed by atoms with Gasteiger partial charge in [-0.15, -0.1) is 0 Å². The van der Waals surface area contributed by atoms with E-state index in [1.54, 1.807) is 0 Å². The standard InChI is InChI=1S/C23H32N4O/c1-18(21-10-11-26(17-21)16-20-6-4-3-5-7-20)24-22-8-9-23(25-19(22)2)27-12-14-28-15-13-27/h3-9,18,21,24H,10-17H2,1-2H3/t18-,21-/m1/s1. The highest BCUT2D eigenvalue weighted by molar-refractivity contribution is 5.54. The zero-order chi connectivity index (χ0) is 19.3. The van der Waals surface area contributed by atoms with Gasteiger partial charge in [0.2, 0.25) is 0 Å². The number of aryl methyl sites for hydroxylation is 1. The summed E-state index contributed by atoms with van der Waals surface area (Å²) in [4.78, 5) is 9.73. The number of likely N-dealkylation sites (tertiary alicyclic amines) is 1. The Labute approximate surface area is 168 Å². The van der Waals surface area contributed by atoms with Crippen molar-refractivity contribution in [2.75, 3.05) is 49.6 Å².